The first kappa shape index (κ1) is 11.8. The second-order valence-electron chi connectivity index (χ2n) is 2.78. The molecule has 4 heteroatoms. The number of ether oxygens (including phenoxy) is 1. The van der Waals surface area contributed by atoms with Gasteiger partial charge in [-0.3, -0.25) is 4.79 Å². The third-order valence-corrected chi connectivity index (χ3v) is 2.56. The Kier molecular flexibility index (Phi) is 5.33. The van der Waals surface area contributed by atoms with Crippen LogP contribution in [0.3, 0.4) is 0 Å². The quantitative estimate of drug-likeness (QED) is 0.659. The Balaban J connectivity index is 3.90. The molecule has 0 spiro atoms. The van der Waals surface area contributed by atoms with E-state index in [9.17, 15) is 4.79 Å². The summed E-state index contributed by atoms with van der Waals surface area (Å²) >= 11 is 1.64. The zero-order chi connectivity index (χ0) is 9.61. The Bertz CT molecular complexity index is 148. The van der Waals surface area contributed by atoms with Crippen LogP contribution in [0.4, 0.5) is 0 Å². The third kappa shape index (κ3) is 3.97. The smallest absolute Gasteiger partial charge is 0.326 e. The summed E-state index contributed by atoms with van der Waals surface area (Å²) in [7, 11) is 0. The van der Waals surface area contributed by atoms with Crippen molar-refractivity contribution in [3.05, 3.63) is 0 Å². The molecule has 0 aromatic heterocycles. The van der Waals surface area contributed by atoms with Crippen LogP contribution in [0.5, 0.6) is 0 Å². The number of hydrogen-bond donors (Lipinski definition) is 1. The van der Waals surface area contributed by atoms with Crippen LogP contribution in [0, 0.1) is 0 Å². The van der Waals surface area contributed by atoms with Crippen LogP contribution in [0.1, 0.15) is 20.8 Å². The third-order valence-electron chi connectivity index (χ3n) is 1.35. The van der Waals surface area contributed by atoms with Gasteiger partial charge in [0, 0.05) is 5.75 Å². The number of rotatable bonds is 5. The van der Waals surface area contributed by atoms with E-state index in [4.69, 9.17) is 10.5 Å². The van der Waals surface area contributed by atoms with Crippen molar-refractivity contribution in [2.45, 2.75) is 26.3 Å². The fourth-order valence-electron chi connectivity index (χ4n) is 0.669. The molecule has 12 heavy (non-hydrogen) atoms. The summed E-state index contributed by atoms with van der Waals surface area (Å²) in [6.07, 6.45) is 0. The largest absolute Gasteiger partial charge is 0.465 e. The minimum absolute atomic E-state index is 0.314. The summed E-state index contributed by atoms with van der Waals surface area (Å²) in [5.41, 5.74) is 4.90. The molecule has 3 nitrogen and oxygen atoms in total. The summed E-state index contributed by atoms with van der Waals surface area (Å²) in [5.74, 6) is 1.26. The topological polar surface area (TPSA) is 52.3 Å². The van der Waals surface area contributed by atoms with Gasteiger partial charge >= 0.3 is 5.97 Å². The molecule has 72 valence electrons. The molecule has 0 aliphatic carbocycles. The van der Waals surface area contributed by atoms with Crippen LogP contribution in [0.15, 0.2) is 0 Å². The van der Waals surface area contributed by atoms with Crippen molar-refractivity contribution >= 4 is 17.7 Å². The van der Waals surface area contributed by atoms with Gasteiger partial charge in [-0.2, -0.15) is 11.8 Å². The molecule has 0 radical (unpaired) electrons. The lowest BCUT2D eigenvalue weighted by atomic mass is 10.1. The van der Waals surface area contributed by atoms with E-state index in [2.05, 4.69) is 0 Å². The highest BCUT2D eigenvalue weighted by Crippen LogP contribution is 2.11. The molecule has 0 aromatic carbocycles. The average Bonchev–Trinajstić information content (AvgIpc) is 2.01. The van der Waals surface area contributed by atoms with Gasteiger partial charge in [-0.15, -0.1) is 0 Å². The van der Waals surface area contributed by atoms with Crippen LogP contribution in [0.2, 0.25) is 0 Å². The van der Waals surface area contributed by atoms with Gasteiger partial charge in [0.05, 0.1) is 6.61 Å². The van der Waals surface area contributed by atoms with Gasteiger partial charge in [0.25, 0.3) is 0 Å². The normalized spacial score (nSPS) is 15.3. The molecule has 0 heterocycles. The van der Waals surface area contributed by atoms with Crippen LogP contribution in [-0.2, 0) is 9.53 Å². The van der Waals surface area contributed by atoms with E-state index in [1.165, 1.54) is 0 Å². The maximum atomic E-state index is 11.2. The van der Waals surface area contributed by atoms with Crippen molar-refractivity contribution in [2.24, 2.45) is 5.73 Å². The lowest BCUT2D eigenvalue weighted by molar-refractivity contribution is -0.148. The van der Waals surface area contributed by atoms with Gasteiger partial charge in [-0.25, -0.2) is 0 Å². The molecule has 1 atom stereocenters. The Labute approximate surface area is 78.0 Å². The van der Waals surface area contributed by atoms with Gasteiger partial charge in [0.15, 0.2) is 0 Å². The molecule has 0 bridgehead atoms. The Morgan fingerprint density at radius 2 is 2.17 bits per heavy atom. The van der Waals surface area contributed by atoms with Crippen LogP contribution in [-0.4, -0.2) is 29.6 Å². The second-order valence-corrected chi connectivity index (χ2v) is 4.05. The zero-order valence-corrected chi connectivity index (χ0v) is 8.74. The van der Waals surface area contributed by atoms with E-state index in [1.54, 1.807) is 25.6 Å². The summed E-state index contributed by atoms with van der Waals surface area (Å²) in [5, 5.41) is 0. The van der Waals surface area contributed by atoms with Crippen molar-refractivity contribution in [1.82, 2.24) is 0 Å². The van der Waals surface area contributed by atoms with Crippen molar-refractivity contribution < 1.29 is 9.53 Å². The van der Waals surface area contributed by atoms with Crippen LogP contribution >= 0.6 is 11.8 Å². The number of hydrogen-bond acceptors (Lipinski definition) is 4. The summed E-state index contributed by atoms with van der Waals surface area (Å²) < 4.78 is 4.83. The molecule has 0 saturated carbocycles. The van der Waals surface area contributed by atoms with E-state index in [-0.39, 0.29) is 5.97 Å². The molecule has 2 N–H and O–H groups in total. The fourth-order valence-corrected chi connectivity index (χ4v) is 1.41. The number of esters is 1. The van der Waals surface area contributed by atoms with E-state index in [0.29, 0.717) is 12.4 Å². The Hall–Kier alpha value is -0.220. The SMILES string of the molecule is CCOC(=O)C(C)(N)CSCC. The molecule has 0 aromatic rings. The first-order valence-corrected chi connectivity index (χ1v) is 5.24. The lowest BCUT2D eigenvalue weighted by Crippen LogP contribution is -2.48. The highest BCUT2D eigenvalue weighted by molar-refractivity contribution is 7.99. The van der Waals surface area contributed by atoms with E-state index < -0.39 is 5.54 Å². The van der Waals surface area contributed by atoms with Gasteiger partial charge < -0.3 is 10.5 Å². The van der Waals surface area contributed by atoms with Crippen molar-refractivity contribution in [3.63, 3.8) is 0 Å². The minimum Gasteiger partial charge on any atom is -0.465 e. The monoisotopic (exact) mass is 191 g/mol. The van der Waals surface area contributed by atoms with Crippen molar-refractivity contribution in [2.75, 3.05) is 18.1 Å². The number of nitrogens with two attached hydrogens (primary N) is 1. The maximum absolute atomic E-state index is 11.2. The second kappa shape index (κ2) is 5.43. The molecule has 0 rings (SSSR count). The predicted molar refractivity (Wildman–Crippen MR) is 52.2 cm³/mol. The molecule has 0 fully saturated rings. The van der Waals surface area contributed by atoms with Gasteiger partial charge in [-0.05, 0) is 19.6 Å². The van der Waals surface area contributed by atoms with Gasteiger partial charge in [-0.1, -0.05) is 6.92 Å². The first-order valence-electron chi connectivity index (χ1n) is 4.08. The summed E-state index contributed by atoms with van der Waals surface area (Å²) in [4.78, 5) is 11.2. The molecular formula is C8H17NO2S. The van der Waals surface area contributed by atoms with Gasteiger partial charge in [0.1, 0.15) is 5.54 Å². The average molecular weight is 191 g/mol. The Morgan fingerprint density at radius 1 is 1.58 bits per heavy atom. The highest BCUT2D eigenvalue weighted by Gasteiger charge is 2.29. The van der Waals surface area contributed by atoms with Gasteiger partial charge in [0.2, 0.25) is 0 Å². The molecule has 0 aliphatic rings. The van der Waals surface area contributed by atoms with Crippen LogP contribution < -0.4 is 5.73 Å². The number of thioether (sulfide) groups is 1. The van der Waals surface area contributed by atoms with E-state index in [0.717, 1.165) is 5.75 Å². The van der Waals surface area contributed by atoms with E-state index >= 15 is 0 Å². The molecule has 0 saturated heterocycles. The molecular weight excluding hydrogens is 174 g/mol. The standard InChI is InChI=1S/C8H17NO2S/c1-4-11-7(10)8(3,9)6-12-5-2/h4-6,9H2,1-3H3. The van der Waals surface area contributed by atoms with Crippen molar-refractivity contribution in [3.8, 4) is 0 Å². The van der Waals surface area contributed by atoms with Crippen LogP contribution in [0.25, 0.3) is 0 Å². The summed E-state index contributed by atoms with van der Waals surface area (Å²) in [6.45, 7) is 5.91. The molecule has 0 amide bonds. The number of carbonyl (C=O) groups excluding carboxylic acids is 1. The minimum atomic E-state index is -0.837. The Morgan fingerprint density at radius 3 is 2.58 bits per heavy atom. The first-order chi connectivity index (χ1) is 5.54. The van der Waals surface area contributed by atoms with Crippen molar-refractivity contribution in [1.29, 1.82) is 0 Å². The highest BCUT2D eigenvalue weighted by atomic mass is 32.2. The maximum Gasteiger partial charge on any atom is 0.326 e. The lowest BCUT2D eigenvalue weighted by Gasteiger charge is -2.21. The predicted octanol–water partition coefficient (Wildman–Crippen LogP) is 1.02. The molecule has 0 aliphatic heterocycles. The molecule has 1 unspecified atom stereocenters. The fraction of sp³-hybridized carbons (Fsp3) is 0.875. The number of carbonyl (C=O) groups is 1. The summed E-state index contributed by atoms with van der Waals surface area (Å²) in [6, 6.07) is 0. The van der Waals surface area contributed by atoms with E-state index in [1.807, 2.05) is 6.92 Å². The zero-order valence-electron chi connectivity index (χ0n) is 7.92.